The number of ether oxygens (including phenoxy) is 2. The summed E-state index contributed by atoms with van der Waals surface area (Å²) in [4.78, 5) is 37.0. The Morgan fingerprint density at radius 1 is 1.00 bits per heavy atom. The molecule has 0 bridgehead atoms. The molecule has 0 heterocycles. The third kappa shape index (κ3) is 5.36. The molecule has 0 saturated carbocycles. The van der Waals surface area contributed by atoms with Crippen LogP contribution in [0.3, 0.4) is 0 Å². The molecule has 4 rings (SSSR count). The summed E-state index contributed by atoms with van der Waals surface area (Å²) >= 11 is 3.21. The fraction of sp³-hybridized carbons (Fsp3) is 0.192. The maximum absolute atomic E-state index is 12.8. The van der Waals surface area contributed by atoms with Crippen molar-refractivity contribution in [2.75, 3.05) is 25.6 Å². The number of anilines is 1. The number of carboxylic acid groups (broad SMARTS) is 1. The number of alkyl carbamates (subject to hydrolysis) is 1. The number of nitrogens with one attached hydrogen (secondary N) is 2. The molecule has 0 spiro atoms. The first-order chi connectivity index (χ1) is 16.9. The number of aromatic carboxylic acids is 1. The highest BCUT2D eigenvalue weighted by Gasteiger charge is 2.30. The number of methoxy groups -OCH3 is 1. The zero-order chi connectivity index (χ0) is 24.9. The summed E-state index contributed by atoms with van der Waals surface area (Å²) in [5.41, 5.74) is 4.37. The van der Waals surface area contributed by atoms with E-state index in [-0.39, 0.29) is 30.4 Å². The fourth-order valence-corrected chi connectivity index (χ4v) is 4.52. The molecule has 180 valence electrons. The lowest BCUT2D eigenvalue weighted by atomic mass is 9.98. The maximum Gasteiger partial charge on any atom is 0.407 e. The van der Waals surface area contributed by atoms with Gasteiger partial charge in [0.2, 0.25) is 5.91 Å². The van der Waals surface area contributed by atoms with E-state index in [4.69, 9.17) is 9.47 Å². The fourth-order valence-electron chi connectivity index (χ4n) is 4.15. The standard InChI is InChI=1S/C26H23BrN2O6/c1-34-14-23(24(30)28-22-11-10-15(27)12-20(22)25(31)32)29-26(33)35-13-21-18-8-4-2-6-16(18)17-7-3-5-9-19(17)21/h2-12,21,23H,13-14H2,1H3,(H,28,30)(H,29,33)(H,31,32). The van der Waals surface area contributed by atoms with Crippen LogP contribution in [-0.4, -0.2) is 49.4 Å². The third-order valence-electron chi connectivity index (χ3n) is 5.76. The Morgan fingerprint density at radius 3 is 2.23 bits per heavy atom. The number of rotatable bonds is 8. The molecule has 3 N–H and O–H groups in total. The number of carbonyl (C=O) groups is 3. The summed E-state index contributed by atoms with van der Waals surface area (Å²) in [6.07, 6.45) is -0.779. The van der Waals surface area contributed by atoms with Gasteiger partial charge < -0.3 is 25.2 Å². The van der Waals surface area contributed by atoms with Gasteiger partial charge in [0, 0.05) is 17.5 Å². The second-order valence-electron chi connectivity index (χ2n) is 7.96. The number of hydrogen-bond acceptors (Lipinski definition) is 5. The van der Waals surface area contributed by atoms with Crippen molar-refractivity contribution in [1.82, 2.24) is 5.32 Å². The van der Waals surface area contributed by atoms with Gasteiger partial charge in [0.05, 0.1) is 17.9 Å². The van der Waals surface area contributed by atoms with Gasteiger partial charge in [-0.25, -0.2) is 9.59 Å². The lowest BCUT2D eigenvalue weighted by Gasteiger charge is -2.19. The molecule has 9 heteroatoms. The van der Waals surface area contributed by atoms with Crippen LogP contribution in [0.5, 0.6) is 0 Å². The van der Waals surface area contributed by atoms with Gasteiger partial charge >= 0.3 is 12.1 Å². The molecule has 0 fully saturated rings. The van der Waals surface area contributed by atoms with E-state index in [1.807, 2.05) is 48.5 Å². The van der Waals surface area contributed by atoms with Gasteiger partial charge in [-0.3, -0.25) is 4.79 Å². The highest BCUT2D eigenvalue weighted by molar-refractivity contribution is 9.10. The topological polar surface area (TPSA) is 114 Å². The minimum absolute atomic E-state index is 0.0926. The van der Waals surface area contributed by atoms with E-state index >= 15 is 0 Å². The average molecular weight is 539 g/mol. The molecule has 0 saturated heterocycles. The van der Waals surface area contributed by atoms with Gasteiger partial charge in [-0.1, -0.05) is 64.5 Å². The minimum atomic E-state index is -1.20. The van der Waals surface area contributed by atoms with Crippen LogP contribution in [0.25, 0.3) is 11.1 Å². The van der Waals surface area contributed by atoms with Gasteiger partial charge in [0.15, 0.2) is 0 Å². The summed E-state index contributed by atoms with van der Waals surface area (Å²) in [5, 5.41) is 14.5. The molecule has 3 aromatic rings. The van der Waals surface area contributed by atoms with Crippen LogP contribution >= 0.6 is 15.9 Å². The van der Waals surface area contributed by atoms with Crippen LogP contribution < -0.4 is 10.6 Å². The zero-order valence-electron chi connectivity index (χ0n) is 18.8. The minimum Gasteiger partial charge on any atom is -0.478 e. The van der Waals surface area contributed by atoms with E-state index in [1.54, 1.807) is 6.07 Å². The van der Waals surface area contributed by atoms with Crippen LogP contribution in [0, 0.1) is 0 Å². The van der Waals surface area contributed by atoms with Gasteiger partial charge in [0.25, 0.3) is 0 Å². The van der Waals surface area contributed by atoms with Crippen molar-refractivity contribution in [3.63, 3.8) is 0 Å². The summed E-state index contributed by atoms with van der Waals surface area (Å²) in [6, 6.07) is 19.3. The number of carbonyl (C=O) groups excluding carboxylic acids is 2. The maximum atomic E-state index is 12.8. The Bertz CT molecular complexity index is 1230. The quantitative estimate of drug-likeness (QED) is 0.385. The number of fused-ring (bicyclic) bond motifs is 3. The largest absolute Gasteiger partial charge is 0.478 e. The van der Waals surface area contributed by atoms with Crippen molar-refractivity contribution in [2.45, 2.75) is 12.0 Å². The number of halogens is 1. The zero-order valence-corrected chi connectivity index (χ0v) is 20.4. The monoisotopic (exact) mass is 538 g/mol. The summed E-state index contributed by atoms with van der Waals surface area (Å²) in [7, 11) is 1.39. The van der Waals surface area contributed by atoms with Crippen LogP contribution in [0.2, 0.25) is 0 Å². The van der Waals surface area contributed by atoms with E-state index in [9.17, 15) is 19.5 Å². The molecule has 1 atom stereocenters. The number of carboxylic acids is 1. The van der Waals surface area contributed by atoms with Crippen LogP contribution in [0.1, 0.15) is 27.4 Å². The van der Waals surface area contributed by atoms with E-state index in [1.165, 1.54) is 19.2 Å². The second-order valence-corrected chi connectivity index (χ2v) is 8.88. The van der Waals surface area contributed by atoms with Crippen molar-refractivity contribution in [1.29, 1.82) is 0 Å². The summed E-state index contributed by atoms with van der Waals surface area (Å²) in [5.74, 6) is -1.96. The number of amides is 2. The Hall–Kier alpha value is -3.69. The molecule has 35 heavy (non-hydrogen) atoms. The van der Waals surface area contributed by atoms with Gasteiger partial charge in [-0.2, -0.15) is 0 Å². The van der Waals surface area contributed by atoms with Gasteiger partial charge in [-0.15, -0.1) is 0 Å². The Kier molecular flexibility index (Phi) is 7.48. The molecule has 0 radical (unpaired) electrons. The van der Waals surface area contributed by atoms with E-state index in [0.29, 0.717) is 4.47 Å². The number of hydrogen-bond donors (Lipinski definition) is 3. The molecule has 1 aliphatic rings. The SMILES string of the molecule is COCC(NC(=O)OCC1c2ccccc2-c2ccccc21)C(=O)Nc1ccc(Br)cc1C(=O)O. The molecule has 0 aromatic heterocycles. The molecule has 3 aromatic carbocycles. The third-order valence-corrected chi connectivity index (χ3v) is 6.25. The molecule has 2 amide bonds. The Morgan fingerprint density at radius 2 is 1.63 bits per heavy atom. The van der Waals surface area contributed by atoms with Gasteiger partial charge in [-0.05, 0) is 40.5 Å². The number of benzene rings is 3. The first kappa shape index (κ1) is 24.4. The van der Waals surface area contributed by atoms with Crippen molar-refractivity contribution in [3.8, 4) is 11.1 Å². The van der Waals surface area contributed by atoms with Crippen LogP contribution in [0.15, 0.2) is 71.2 Å². The van der Waals surface area contributed by atoms with Crippen molar-refractivity contribution >= 4 is 39.6 Å². The lowest BCUT2D eigenvalue weighted by Crippen LogP contribution is -2.47. The second kappa shape index (κ2) is 10.7. The molecule has 1 unspecified atom stereocenters. The smallest absolute Gasteiger partial charge is 0.407 e. The summed E-state index contributed by atoms with van der Waals surface area (Å²) in [6.45, 7) is -0.0357. The average Bonchev–Trinajstić information content (AvgIpc) is 3.17. The van der Waals surface area contributed by atoms with Crippen molar-refractivity contribution in [3.05, 3.63) is 87.9 Å². The highest BCUT2D eigenvalue weighted by atomic mass is 79.9. The van der Waals surface area contributed by atoms with Gasteiger partial charge in [0.1, 0.15) is 12.6 Å². The van der Waals surface area contributed by atoms with Crippen LogP contribution in [0.4, 0.5) is 10.5 Å². The predicted octanol–water partition coefficient (Wildman–Crippen LogP) is 4.64. The Balaban J connectivity index is 1.43. The molecule has 8 nitrogen and oxygen atoms in total. The lowest BCUT2D eigenvalue weighted by molar-refractivity contribution is -0.119. The first-order valence-corrected chi connectivity index (χ1v) is 11.6. The molecular formula is C26H23BrN2O6. The normalized spacial score (nSPS) is 12.9. The van der Waals surface area contributed by atoms with E-state index in [2.05, 4.69) is 26.6 Å². The van der Waals surface area contributed by atoms with Crippen molar-refractivity contribution < 1.29 is 29.0 Å². The molecule has 0 aliphatic heterocycles. The summed E-state index contributed by atoms with van der Waals surface area (Å²) < 4.78 is 11.1. The van der Waals surface area contributed by atoms with Crippen molar-refractivity contribution in [2.24, 2.45) is 0 Å². The molecular weight excluding hydrogens is 516 g/mol. The van der Waals surface area contributed by atoms with E-state index in [0.717, 1.165) is 22.3 Å². The predicted molar refractivity (Wildman–Crippen MR) is 134 cm³/mol. The first-order valence-electron chi connectivity index (χ1n) is 10.8. The van der Waals surface area contributed by atoms with Crippen LogP contribution in [-0.2, 0) is 14.3 Å². The van der Waals surface area contributed by atoms with E-state index < -0.39 is 24.0 Å². The Labute approximate surface area is 210 Å². The molecule has 1 aliphatic carbocycles. The highest BCUT2D eigenvalue weighted by Crippen LogP contribution is 2.44.